The maximum absolute atomic E-state index is 12.5. The summed E-state index contributed by atoms with van der Waals surface area (Å²) < 4.78 is 7.17. The van der Waals surface area contributed by atoms with E-state index >= 15 is 0 Å². The van der Waals surface area contributed by atoms with Crippen molar-refractivity contribution in [2.45, 2.75) is 58.1 Å². The molecule has 2 heterocycles. The van der Waals surface area contributed by atoms with E-state index in [2.05, 4.69) is 30.9 Å². The van der Waals surface area contributed by atoms with Gasteiger partial charge in [-0.2, -0.15) is 9.67 Å². The van der Waals surface area contributed by atoms with Crippen molar-refractivity contribution in [3.8, 4) is 11.4 Å². The lowest BCUT2D eigenvalue weighted by Crippen LogP contribution is -2.34. The first kappa shape index (κ1) is 22.9. The highest BCUT2D eigenvalue weighted by Crippen LogP contribution is 2.28. The topological polar surface area (TPSA) is 127 Å². The number of aromatic nitrogens is 5. The second-order valence-electron chi connectivity index (χ2n) is 9.04. The number of nitrogens with one attached hydrogen (secondary N) is 2. The van der Waals surface area contributed by atoms with E-state index in [9.17, 15) is 9.90 Å². The SMILES string of the molecule is CCOc1ccc(-n2nnc3cnc(NC4CCC(C(=O)NCCC(C)(C)O)C4)nc32)cc1. The van der Waals surface area contributed by atoms with Gasteiger partial charge < -0.3 is 20.5 Å². The molecule has 2 aromatic heterocycles. The molecule has 176 valence electrons. The summed E-state index contributed by atoms with van der Waals surface area (Å²) in [6, 6.07) is 7.71. The molecule has 33 heavy (non-hydrogen) atoms. The predicted octanol–water partition coefficient (Wildman–Crippen LogP) is 2.47. The van der Waals surface area contributed by atoms with E-state index in [1.807, 2.05) is 31.2 Å². The number of hydrogen-bond donors (Lipinski definition) is 3. The largest absolute Gasteiger partial charge is 0.494 e. The second-order valence-corrected chi connectivity index (χ2v) is 9.04. The molecule has 0 radical (unpaired) electrons. The maximum Gasteiger partial charge on any atom is 0.225 e. The summed E-state index contributed by atoms with van der Waals surface area (Å²) in [5.41, 5.74) is 1.25. The van der Waals surface area contributed by atoms with Crippen molar-refractivity contribution in [1.82, 2.24) is 30.3 Å². The Labute approximate surface area is 192 Å². The van der Waals surface area contributed by atoms with Crippen molar-refractivity contribution >= 4 is 23.0 Å². The number of nitrogens with zero attached hydrogens (tertiary/aromatic N) is 5. The van der Waals surface area contributed by atoms with Gasteiger partial charge in [0.2, 0.25) is 11.9 Å². The van der Waals surface area contributed by atoms with Crippen LogP contribution in [-0.2, 0) is 4.79 Å². The summed E-state index contributed by atoms with van der Waals surface area (Å²) in [4.78, 5) is 21.5. The van der Waals surface area contributed by atoms with Crippen molar-refractivity contribution in [3.05, 3.63) is 30.5 Å². The van der Waals surface area contributed by atoms with Gasteiger partial charge in [-0.05, 0) is 70.7 Å². The Morgan fingerprint density at radius 1 is 1.27 bits per heavy atom. The molecular formula is C23H31N7O3. The van der Waals surface area contributed by atoms with E-state index < -0.39 is 5.60 Å². The lowest BCUT2D eigenvalue weighted by atomic mass is 10.0. The Bertz CT molecular complexity index is 1090. The molecule has 1 aromatic carbocycles. The fraction of sp³-hybridized carbons (Fsp3) is 0.522. The predicted molar refractivity (Wildman–Crippen MR) is 124 cm³/mol. The normalized spacial score (nSPS) is 18.4. The standard InChI is InChI=1S/C23H31N7O3/c1-4-33-18-9-7-17(8-10-18)30-20-19(28-29-30)14-25-22(27-20)26-16-6-5-15(13-16)21(31)24-12-11-23(2,3)32/h7-10,14-16,32H,4-6,11-13H2,1-3H3,(H,24,31)(H,25,26,27). The Morgan fingerprint density at radius 3 is 2.79 bits per heavy atom. The molecule has 10 nitrogen and oxygen atoms in total. The van der Waals surface area contributed by atoms with Gasteiger partial charge in [-0.15, -0.1) is 5.10 Å². The fourth-order valence-electron chi connectivity index (χ4n) is 3.99. The zero-order chi connectivity index (χ0) is 23.4. The third-order valence-corrected chi connectivity index (χ3v) is 5.76. The Kier molecular flexibility index (Phi) is 6.73. The first-order chi connectivity index (χ1) is 15.8. The number of hydrogen-bond acceptors (Lipinski definition) is 8. The lowest BCUT2D eigenvalue weighted by Gasteiger charge is -2.18. The molecule has 0 spiro atoms. The van der Waals surface area contributed by atoms with Gasteiger partial charge >= 0.3 is 0 Å². The number of amides is 1. The monoisotopic (exact) mass is 453 g/mol. The van der Waals surface area contributed by atoms with E-state index in [-0.39, 0.29) is 17.9 Å². The number of aliphatic hydroxyl groups is 1. The molecule has 1 amide bonds. The van der Waals surface area contributed by atoms with Gasteiger partial charge in [0.1, 0.15) is 5.75 Å². The summed E-state index contributed by atoms with van der Waals surface area (Å²) in [6.45, 7) is 6.50. The highest BCUT2D eigenvalue weighted by molar-refractivity contribution is 5.79. The van der Waals surface area contributed by atoms with Crippen LogP contribution in [0.2, 0.25) is 0 Å². The number of rotatable bonds is 9. The lowest BCUT2D eigenvalue weighted by molar-refractivity contribution is -0.124. The summed E-state index contributed by atoms with van der Waals surface area (Å²) in [6.07, 6.45) is 4.56. The van der Waals surface area contributed by atoms with Crippen LogP contribution in [-0.4, -0.2) is 60.8 Å². The number of carbonyl (C=O) groups is 1. The first-order valence-electron chi connectivity index (χ1n) is 11.4. The number of fused-ring (bicyclic) bond motifs is 1. The van der Waals surface area contributed by atoms with E-state index in [4.69, 9.17) is 4.74 Å². The Hall–Kier alpha value is -3.27. The quantitative estimate of drug-likeness (QED) is 0.451. The van der Waals surface area contributed by atoms with Crippen molar-refractivity contribution < 1.29 is 14.6 Å². The van der Waals surface area contributed by atoms with E-state index in [1.165, 1.54) is 0 Å². The number of benzene rings is 1. The fourth-order valence-corrected chi connectivity index (χ4v) is 3.99. The molecule has 3 N–H and O–H groups in total. The van der Waals surface area contributed by atoms with Crippen molar-refractivity contribution in [2.24, 2.45) is 5.92 Å². The molecule has 2 atom stereocenters. The van der Waals surface area contributed by atoms with E-state index in [0.29, 0.717) is 43.1 Å². The van der Waals surface area contributed by atoms with Gasteiger partial charge in [0.25, 0.3) is 0 Å². The van der Waals surface area contributed by atoms with E-state index in [1.54, 1.807) is 24.7 Å². The molecule has 10 heteroatoms. The molecule has 1 aliphatic carbocycles. The Balaban J connectivity index is 1.39. The maximum atomic E-state index is 12.5. The molecular weight excluding hydrogens is 422 g/mol. The third kappa shape index (κ3) is 5.75. The average Bonchev–Trinajstić information content (AvgIpc) is 3.41. The highest BCUT2D eigenvalue weighted by Gasteiger charge is 2.30. The molecule has 1 fully saturated rings. The number of carbonyl (C=O) groups excluding carboxylic acids is 1. The highest BCUT2D eigenvalue weighted by atomic mass is 16.5. The molecule has 0 bridgehead atoms. The zero-order valence-electron chi connectivity index (χ0n) is 19.3. The summed E-state index contributed by atoms with van der Waals surface area (Å²) in [7, 11) is 0. The van der Waals surface area contributed by atoms with Gasteiger partial charge in [-0.1, -0.05) is 5.21 Å². The minimum atomic E-state index is -0.782. The molecule has 0 saturated heterocycles. The second kappa shape index (κ2) is 9.70. The van der Waals surface area contributed by atoms with Crippen LogP contribution in [0.15, 0.2) is 30.5 Å². The number of anilines is 1. The van der Waals surface area contributed by atoms with E-state index in [0.717, 1.165) is 24.3 Å². The van der Waals surface area contributed by atoms with Gasteiger partial charge in [-0.25, -0.2) is 4.98 Å². The first-order valence-corrected chi connectivity index (χ1v) is 11.4. The molecule has 1 aliphatic rings. The van der Waals surface area contributed by atoms with Crippen LogP contribution in [0.3, 0.4) is 0 Å². The zero-order valence-corrected chi connectivity index (χ0v) is 19.3. The van der Waals surface area contributed by atoms with Crippen LogP contribution in [0.5, 0.6) is 5.75 Å². The summed E-state index contributed by atoms with van der Waals surface area (Å²) in [5, 5.41) is 24.5. The molecule has 1 saturated carbocycles. The van der Waals surface area contributed by atoms with Gasteiger partial charge in [0.05, 0.1) is 24.1 Å². The van der Waals surface area contributed by atoms with Crippen molar-refractivity contribution in [2.75, 3.05) is 18.5 Å². The smallest absolute Gasteiger partial charge is 0.225 e. The average molecular weight is 454 g/mol. The molecule has 2 unspecified atom stereocenters. The van der Waals surface area contributed by atoms with Crippen LogP contribution in [0.1, 0.15) is 46.5 Å². The van der Waals surface area contributed by atoms with Crippen LogP contribution in [0.4, 0.5) is 5.95 Å². The summed E-state index contributed by atoms with van der Waals surface area (Å²) >= 11 is 0. The third-order valence-electron chi connectivity index (χ3n) is 5.76. The van der Waals surface area contributed by atoms with Crippen LogP contribution >= 0.6 is 0 Å². The van der Waals surface area contributed by atoms with Crippen LogP contribution < -0.4 is 15.4 Å². The molecule has 4 rings (SSSR count). The van der Waals surface area contributed by atoms with Crippen LogP contribution in [0.25, 0.3) is 16.9 Å². The molecule has 3 aromatic rings. The minimum absolute atomic E-state index is 0.0395. The summed E-state index contributed by atoms with van der Waals surface area (Å²) in [5.74, 6) is 1.27. The van der Waals surface area contributed by atoms with Gasteiger partial charge in [0, 0.05) is 18.5 Å². The minimum Gasteiger partial charge on any atom is -0.494 e. The van der Waals surface area contributed by atoms with Crippen molar-refractivity contribution in [1.29, 1.82) is 0 Å². The van der Waals surface area contributed by atoms with Gasteiger partial charge in [-0.3, -0.25) is 4.79 Å². The van der Waals surface area contributed by atoms with Crippen molar-refractivity contribution in [3.63, 3.8) is 0 Å². The molecule has 0 aliphatic heterocycles. The van der Waals surface area contributed by atoms with Gasteiger partial charge in [0.15, 0.2) is 11.2 Å². The Morgan fingerprint density at radius 2 is 2.06 bits per heavy atom. The van der Waals surface area contributed by atoms with Crippen LogP contribution in [0, 0.1) is 5.92 Å². The number of ether oxygens (including phenoxy) is 1.